The molecule has 0 atom stereocenters. The molecule has 0 radical (unpaired) electrons. The quantitative estimate of drug-likeness (QED) is 0.469. The molecule has 160 valence electrons. The summed E-state index contributed by atoms with van der Waals surface area (Å²) in [5, 5.41) is 11.8. The van der Waals surface area contributed by atoms with E-state index in [0.717, 1.165) is 60.9 Å². The molecular weight excluding hydrogens is 376 g/mol. The van der Waals surface area contributed by atoms with Crippen LogP contribution < -0.4 is 20.9 Å². The largest absolute Gasteiger partial charge is 0.468 e. The molecule has 1 fully saturated rings. The molecule has 0 spiro atoms. The van der Waals surface area contributed by atoms with E-state index in [-0.39, 0.29) is 0 Å². The molecule has 0 aliphatic heterocycles. The third-order valence-electron chi connectivity index (χ3n) is 5.68. The number of hydrogen-bond donors (Lipinski definition) is 3. The van der Waals surface area contributed by atoms with E-state index >= 15 is 0 Å². The first-order valence-corrected chi connectivity index (χ1v) is 10.9. The Balaban J connectivity index is 1.23. The third kappa shape index (κ3) is 5.29. The molecule has 3 aromatic rings. The van der Waals surface area contributed by atoms with Gasteiger partial charge < -0.3 is 25.3 Å². The van der Waals surface area contributed by atoms with Gasteiger partial charge in [0.2, 0.25) is 5.95 Å². The fraction of sp³-hybridized carbons (Fsp3) is 0.478. The van der Waals surface area contributed by atoms with Crippen LogP contribution in [0.2, 0.25) is 0 Å². The van der Waals surface area contributed by atoms with Crippen LogP contribution >= 0.6 is 0 Å². The summed E-state index contributed by atoms with van der Waals surface area (Å²) in [4.78, 5) is 11.6. The number of fused-ring (bicyclic) bond motifs is 1. The van der Waals surface area contributed by atoms with Gasteiger partial charge in [-0.05, 0) is 49.9 Å². The topological polar surface area (TPSA) is 78.3 Å². The van der Waals surface area contributed by atoms with Gasteiger partial charge in [0.25, 0.3) is 0 Å². The molecule has 0 bridgehead atoms. The van der Waals surface area contributed by atoms with E-state index < -0.39 is 0 Å². The predicted molar refractivity (Wildman–Crippen MR) is 122 cm³/mol. The van der Waals surface area contributed by atoms with Crippen molar-refractivity contribution >= 4 is 22.7 Å². The highest BCUT2D eigenvalue weighted by molar-refractivity contribution is 5.90. The normalized spacial score (nSPS) is 19.1. The van der Waals surface area contributed by atoms with E-state index in [9.17, 15) is 0 Å². The summed E-state index contributed by atoms with van der Waals surface area (Å²) in [6, 6.07) is 13.1. The van der Waals surface area contributed by atoms with Gasteiger partial charge in [-0.2, -0.15) is 4.98 Å². The smallest absolute Gasteiger partial charge is 0.225 e. The summed E-state index contributed by atoms with van der Waals surface area (Å²) in [5.74, 6) is 2.67. The van der Waals surface area contributed by atoms with E-state index in [1.54, 1.807) is 6.26 Å². The van der Waals surface area contributed by atoms with Crippen molar-refractivity contribution in [3.8, 4) is 0 Å². The Bertz CT molecular complexity index is 919. The minimum Gasteiger partial charge on any atom is -0.468 e. The SMILES string of the molecule is CN(C)c1nc(N[C@H]2CC[C@@H](NCCNCc3ccco3)CC2)nc2ccccc12. The van der Waals surface area contributed by atoms with Crippen LogP contribution in [0.5, 0.6) is 0 Å². The zero-order chi connectivity index (χ0) is 20.8. The summed E-state index contributed by atoms with van der Waals surface area (Å²) < 4.78 is 5.33. The summed E-state index contributed by atoms with van der Waals surface area (Å²) in [6.07, 6.45) is 6.32. The molecule has 1 aliphatic rings. The molecule has 7 heteroatoms. The molecule has 30 heavy (non-hydrogen) atoms. The van der Waals surface area contributed by atoms with Crippen LogP contribution in [0.1, 0.15) is 31.4 Å². The van der Waals surface area contributed by atoms with Crippen LogP contribution in [0.3, 0.4) is 0 Å². The first-order valence-electron chi connectivity index (χ1n) is 10.9. The zero-order valence-electron chi connectivity index (χ0n) is 17.9. The van der Waals surface area contributed by atoms with Gasteiger partial charge in [0.1, 0.15) is 11.6 Å². The standard InChI is InChI=1S/C23H32N6O/c1-29(2)22-20-7-3-4-8-21(20)27-23(28-22)26-18-11-9-17(10-12-18)25-14-13-24-16-19-6-5-15-30-19/h3-8,15,17-18,24-25H,9-14,16H2,1-2H3,(H,26,27,28)/t17-,18+. The maximum Gasteiger partial charge on any atom is 0.225 e. The number of hydrogen-bond acceptors (Lipinski definition) is 7. The van der Waals surface area contributed by atoms with Crippen LogP contribution in [-0.2, 0) is 6.54 Å². The van der Waals surface area contributed by atoms with E-state index in [4.69, 9.17) is 14.4 Å². The maximum atomic E-state index is 5.33. The second-order valence-electron chi connectivity index (χ2n) is 8.19. The molecule has 3 N–H and O–H groups in total. The fourth-order valence-electron chi connectivity index (χ4n) is 4.08. The molecule has 1 aromatic carbocycles. The molecule has 0 saturated heterocycles. The third-order valence-corrected chi connectivity index (χ3v) is 5.68. The number of rotatable bonds is 9. The first kappa shape index (κ1) is 20.6. The van der Waals surface area contributed by atoms with Crippen molar-refractivity contribution in [3.63, 3.8) is 0 Å². The molecule has 7 nitrogen and oxygen atoms in total. The molecule has 2 heterocycles. The minimum absolute atomic E-state index is 0.427. The number of nitrogens with one attached hydrogen (secondary N) is 3. The lowest BCUT2D eigenvalue weighted by Gasteiger charge is -2.30. The number of aromatic nitrogens is 2. The monoisotopic (exact) mass is 408 g/mol. The van der Waals surface area contributed by atoms with Crippen molar-refractivity contribution in [2.24, 2.45) is 0 Å². The zero-order valence-corrected chi connectivity index (χ0v) is 17.9. The van der Waals surface area contributed by atoms with Gasteiger partial charge in [-0.1, -0.05) is 12.1 Å². The lowest BCUT2D eigenvalue weighted by atomic mass is 9.91. The van der Waals surface area contributed by atoms with Crippen molar-refractivity contribution in [3.05, 3.63) is 48.4 Å². The summed E-state index contributed by atoms with van der Waals surface area (Å²) in [5.41, 5.74) is 0.983. The Morgan fingerprint density at radius 1 is 0.967 bits per heavy atom. The van der Waals surface area contributed by atoms with Gasteiger partial charge in [0.15, 0.2) is 0 Å². The number of para-hydroxylation sites is 1. The van der Waals surface area contributed by atoms with Crippen molar-refractivity contribution in [1.82, 2.24) is 20.6 Å². The number of anilines is 2. The minimum atomic E-state index is 0.427. The first-order chi connectivity index (χ1) is 14.7. The van der Waals surface area contributed by atoms with Gasteiger partial charge in [0.05, 0.1) is 18.3 Å². The van der Waals surface area contributed by atoms with E-state index in [0.29, 0.717) is 12.1 Å². The van der Waals surface area contributed by atoms with Crippen LogP contribution in [0.4, 0.5) is 11.8 Å². The summed E-state index contributed by atoms with van der Waals surface area (Å²) in [6.45, 7) is 2.70. The van der Waals surface area contributed by atoms with Gasteiger partial charge in [0, 0.05) is 44.7 Å². The van der Waals surface area contributed by atoms with Crippen molar-refractivity contribution in [1.29, 1.82) is 0 Å². The Morgan fingerprint density at radius 3 is 2.53 bits per heavy atom. The average Bonchev–Trinajstić information content (AvgIpc) is 3.27. The molecule has 1 saturated carbocycles. The Kier molecular flexibility index (Phi) is 6.81. The average molecular weight is 409 g/mol. The summed E-state index contributed by atoms with van der Waals surface area (Å²) >= 11 is 0. The highest BCUT2D eigenvalue weighted by atomic mass is 16.3. The Morgan fingerprint density at radius 2 is 1.77 bits per heavy atom. The maximum absolute atomic E-state index is 5.33. The van der Waals surface area contributed by atoms with E-state index in [1.165, 1.54) is 12.8 Å². The molecule has 4 rings (SSSR count). The highest BCUT2D eigenvalue weighted by Gasteiger charge is 2.21. The molecule has 2 aromatic heterocycles. The van der Waals surface area contributed by atoms with E-state index in [2.05, 4.69) is 33.0 Å². The van der Waals surface area contributed by atoms with Crippen LogP contribution in [-0.4, -0.2) is 49.2 Å². The Hall–Kier alpha value is -2.64. The summed E-state index contributed by atoms with van der Waals surface area (Å²) in [7, 11) is 4.05. The lowest BCUT2D eigenvalue weighted by Crippen LogP contribution is -2.40. The van der Waals surface area contributed by atoms with Crippen LogP contribution in [0.15, 0.2) is 47.1 Å². The fourth-order valence-corrected chi connectivity index (χ4v) is 4.08. The van der Waals surface area contributed by atoms with Crippen LogP contribution in [0.25, 0.3) is 10.9 Å². The molecule has 1 aliphatic carbocycles. The van der Waals surface area contributed by atoms with Crippen molar-refractivity contribution in [2.45, 2.75) is 44.3 Å². The predicted octanol–water partition coefficient (Wildman–Crippen LogP) is 3.39. The molecular formula is C23H32N6O. The second kappa shape index (κ2) is 9.91. The van der Waals surface area contributed by atoms with Gasteiger partial charge in [-0.25, -0.2) is 4.98 Å². The lowest BCUT2D eigenvalue weighted by molar-refractivity contribution is 0.352. The van der Waals surface area contributed by atoms with E-state index in [1.807, 2.05) is 38.4 Å². The molecule has 0 unspecified atom stereocenters. The van der Waals surface area contributed by atoms with Crippen molar-refractivity contribution in [2.75, 3.05) is 37.4 Å². The Labute approximate surface area is 178 Å². The van der Waals surface area contributed by atoms with Crippen molar-refractivity contribution < 1.29 is 4.42 Å². The van der Waals surface area contributed by atoms with Crippen LogP contribution in [0, 0.1) is 0 Å². The van der Waals surface area contributed by atoms with Gasteiger partial charge in [-0.15, -0.1) is 0 Å². The number of furan rings is 1. The second-order valence-corrected chi connectivity index (χ2v) is 8.19. The van der Waals surface area contributed by atoms with Gasteiger partial charge in [-0.3, -0.25) is 0 Å². The number of benzene rings is 1. The highest BCUT2D eigenvalue weighted by Crippen LogP contribution is 2.26. The molecule has 0 amide bonds. The number of nitrogens with zero attached hydrogens (tertiary/aromatic N) is 3. The van der Waals surface area contributed by atoms with Gasteiger partial charge >= 0.3 is 0 Å².